The van der Waals surface area contributed by atoms with E-state index in [1.165, 1.54) is 9.75 Å². The van der Waals surface area contributed by atoms with Gasteiger partial charge in [-0.3, -0.25) is 4.79 Å². The summed E-state index contributed by atoms with van der Waals surface area (Å²) in [6, 6.07) is 4.27. The topological polar surface area (TPSA) is 49.3 Å². The summed E-state index contributed by atoms with van der Waals surface area (Å²) in [4.78, 5) is 14.6. The molecule has 4 heteroatoms. The Kier molecular flexibility index (Phi) is 4.07. The molecule has 1 aromatic heterocycles. The number of amides is 1. The van der Waals surface area contributed by atoms with E-state index in [9.17, 15) is 9.90 Å². The van der Waals surface area contributed by atoms with Crippen LogP contribution >= 0.6 is 11.3 Å². The molecule has 100 valence electrons. The van der Waals surface area contributed by atoms with Gasteiger partial charge in [0.05, 0.1) is 0 Å². The smallest absolute Gasteiger partial charge is 0.252 e. The van der Waals surface area contributed by atoms with Gasteiger partial charge in [-0.25, -0.2) is 0 Å². The van der Waals surface area contributed by atoms with Crippen LogP contribution in [0, 0.1) is 6.92 Å². The van der Waals surface area contributed by atoms with Crippen LogP contribution in [-0.2, 0) is 11.2 Å². The van der Waals surface area contributed by atoms with E-state index >= 15 is 0 Å². The van der Waals surface area contributed by atoms with Crippen LogP contribution in [0.5, 0.6) is 0 Å². The summed E-state index contributed by atoms with van der Waals surface area (Å²) < 4.78 is 0. The quantitative estimate of drug-likeness (QED) is 0.880. The van der Waals surface area contributed by atoms with Crippen molar-refractivity contribution in [3.63, 3.8) is 0 Å². The summed E-state index contributed by atoms with van der Waals surface area (Å²) >= 11 is 1.76. The van der Waals surface area contributed by atoms with E-state index in [-0.39, 0.29) is 11.9 Å². The molecule has 1 amide bonds. The summed E-state index contributed by atoms with van der Waals surface area (Å²) in [5.74, 6) is -0.194. The molecule has 0 bridgehead atoms. The molecule has 3 nitrogen and oxygen atoms in total. The van der Waals surface area contributed by atoms with Crippen LogP contribution in [0.3, 0.4) is 0 Å². The molecule has 2 rings (SSSR count). The van der Waals surface area contributed by atoms with Gasteiger partial charge >= 0.3 is 0 Å². The number of thiophene rings is 1. The van der Waals surface area contributed by atoms with E-state index in [1.54, 1.807) is 11.3 Å². The maximum atomic E-state index is 12.0. The highest BCUT2D eigenvalue weighted by atomic mass is 32.1. The van der Waals surface area contributed by atoms with Crippen LogP contribution in [0.2, 0.25) is 0 Å². The zero-order valence-corrected chi connectivity index (χ0v) is 11.8. The normalized spacial score (nSPS) is 19.7. The third-order valence-electron chi connectivity index (χ3n) is 3.53. The van der Waals surface area contributed by atoms with E-state index in [2.05, 4.69) is 24.4 Å². The summed E-state index contributed by atoms with van der Waals surface area (Å²) in [5.41, 5.74) is -1.11. The Morgan fingerprint density at radius 3 is 2.72 bits per heavy atom. The second kappa shape index (κ2) is 5.41. The van der Waals surface area contributed by atoms with E-state index in [4.69, 9.17) is 0 Å². The number of carbonyl (C=O) groups is 1. The van der Waals surface area contributed by atoms with E-state index in [0.29, 0.717) is 12.8 Å². The third-order valence-corrected chi connectivity index (χ3v) is 4.56. The van der Waals surface area contributed by atoms with Gasteiger partial charge in [-0.15, -0.1) is 11.3 Å². The molecule has 18 heavy (non-hydrogen) atoms. The Balaban J connectivity index is 1.87. The predicted octanol–water partition coefficient (Wildman–Crippen LogP) is 2.41. The fraction of sp³-hybridized carbons (Fsp3) is 0.643. The lowest BCUT2D eigenvalue weighted by atomic mass is 10.0. The van der Waals surface area contributed by atoms with Crippen LogP contribution in [0.15, 0.2) is 12.1 Å². The van der Waals surface area contributed by atoms with Crippen LogP contribution in [0.4, 0.5) is 0 Å². The molecule has 1 aromatic rings. The number of hydrogen-bond donors (Lipinski definition) is 2. The molecule has 2 N–H and O–H groups in total. The number of nitrogens with one attached hydrogen (secondary N) is 1. The standard InChI is InChI=1S/C14H21NO2S/c1-10(9-12-6-5-11(2)18-12)15-13(16)14(17)7-3-4-8-14/h5-6,10,17H,3-4,7-9H2,1-2H3,(H,15,16). The Bertz CT molecular complexity index is 421. The van der Waals surface area contributed by atoms with Gasteiger partial charge in [0.2, 0.25) is 0 Å². The lowest BCUT2D eigenvalue weighted by Gasteiger charge is -2.23. The highest BCUT2D eigenvalue weighted by Crippen LogP contribution is 2.29. The maximum Gasteiger partial charge on any atom is 0.252 e. The molecule has 0 radical (unpaired) electrons. The van der Waals surface area contributed by atoms with Crippen molar-refractivity contribution in [2.45, 2.75) is 57.6 Å². The van der Waals surface area contributed by atoms with Gasteiger partial charge in [-0.05, 0) is 51.7 Å². The summed E-state index contributed by atoms with van der Waals surface area (Å²) in [7, 11) is 0. The highest BCUT2D eigenvalue weighted by Gasteiger charge is 2.39. The molecule has 1 saturated carbocycles. The average Bonchev–Trinajstić information content (AvgIpc) is 2.89. The zero-order chi connectivity index (χ0) is 13.2. The van der Waals surface area contributed by atoms with E-state index in [1.807, 2.05) is 6.92 Å². The van der Waals surface area contributed by atoms with Crippen molar-refractivity contribution in [3.05, 3.63) is 21.9 Å². The average molecular weight is 267 g/mol. The van der Waals surface area contributed by atoms with Gasteiger partial charge in [-0.2, -0.15) is 0 Å². The number of rotatable bonds is 4. The minimum atomic E-state index is -1.11. The molecule has 0 aliphatic heterocycles. The molecular weight excluding hydrogens is 246 g/mol. The van der Waals surface area contributed by atoms with E-state index < -0.39 is 5.60 Å². The minimum Gasteiger partial charge on any atom is -0.380 e. The Hall–Kier alpha value is -0.870. The van der Waals surface area contributed by atoms with Gasteiger partial charge < -0.3 is 10.4 Å². The van der Waals surface area contributed by atoms with Crippen LogP contribution in [0.25, 0.3) is 0 Å². The summed E-state index contributed by atoms with van der Waals surface area (Å²) in [5, 5.41) is 13.1. The molecule has 1 fully saturated rings. The predicted molar refractivity (Wildman–Crippen MR) is 73.8 cm³/mol. The number of carbonyl (C=O) groups excluding carboxylic acids is 1. The largest absolute Gasteiger partial charge is 0.380 e. The molecule has 1 heterocycles. The minimum absolute atomic E-state index is 0.0696. The second-order valence-corrected chi connectivity index (χ2v) is 6.70. The van der Waals surface area contributed by atoms with Crippen molar-refractivity contribution in [2.75, 3.05) is 0 Å². The number of aliphatic hydroxyl groups is 1. The van der Waals surface area contributed by atoms with Crippen LogP contribution in [0.1, 0.15) is 42.4 Å². The van der Waals surface area contributed by atoms with Crippen LogP contribution < -0.4 is 5.32 Å². The van der Waals surface area contributed by atoms with Gasteiger partial charge in [0, 0.05) is 22.2 Å². The fourth-order valence-corrected chi connectivity index (χ4v) is 3.51. The Morgan fingerprint density at radius 1 is 1.50 bits per heavy atom. The maximum absolute atomic E-state index is 12.0. The van der Waals surface area contributed by atoms with Gasteiger partial charge in [0.25, 0.3) is 5.91 Å². The number of aryl methyl sites for hydroxylation is 1. The molecule has 0 saturated heterocycles. The van der Waals surface area contributed by atoms with Crippen molar-refractivity contribution in [1.82, 2.24) is 5.32 Å². The van der Waals surface area contributed by atoms with Crippen molar-refractivity contribution >= 4 is 17.2 Å². The van der Waals surface area contributed by atoms with Crippen molar-refractivity contribution in [3.8, 4) is 0 Å². The van der Waals surface area contributed by atoms with Gasteiger partial charge in [-0.1, -0.05) is 0 Å². The molecule has 1 unspecified atom stereocenters. The summed E-state index contributed by atoms with van der Waals surface area (Å²) in [6.07, 6.45) is 3.93. The lowest BCUT2D eigenvalue weighted by molar-refractivity contribution is -0.139. The monoisotopic (exact) mass is 267 g/mol. The second-order valence-electron chi connectivity index (χ2n) is 5.33. The lowest BCUT2D eigenvalue weighted by Crippen LogP contribution is -2.48. The Morgan fingerprint density at radius 2 is 2.17 bits per heavy atom. The third kappa shape index (κ3) is 3.12. The molecular formula is C14H21NO2S. The van der Waals surface area contributed by atoms with Crippen LogP contribution in [-0.4, -0.2) is 22.7 Å². The zero-order valence-electron chi connectivity index (χ0n) is 11.0. The molecule has 0 aromatic carbocycles. The van der Waals surface area contributed by atoms with Crippen molar-refractivity contribution in [2.24, 2.45) is 0 Å². The Labute approximate surface area is 112 Å². The SMILES string of the molecule is Cc1ccc(CC(C)NC(=O)C2(O)CCCC2)s1. The molecule has 0 spiro atoms. The summed E-state index contributed by atoms with van der Waals surface area (Å²) in [6.45, 7) is 4.07. The first-order valence-corrected chi connectivity index (χ1v) is 7.40. The number of hydrogen-bond acceptors (Lipinski definition) is 3. The first-order chi connectivity index (χ1) is 8.49. The molecule has 1 aliphatic rings. The first kappa shape index (κ1) is 13.6. The molecule has 1 aliphatic carbocycles. The highest BCUT2D eigenvalue weighted by molar-refractivity contribution is 7.11. The van der Waals surface area contributed by atoms with Crippen molar-refractivity contribution in [1.29, 1.82) is 0 Å². The van der Waals surface area contributed by atoms with E-state index in [0.717, 1.165) is 19.3 Å². The molecule has 1 atom stereocenters. The van der Waals surface area contributed by atoms with Gasteiger partial charge in [0.15, 0.2) is 0 Å². The van der Waals surface area contributed by atoms with Crippen molar-refractivity contribution < 1.29 is 9.90 Å². The first-order valence-electron chi connectivity index (χ1n) is 6.58. The van der Waals surface area contributed by atoms with Gasteiger partial charge in [0.1, 0.15) is 5.60 Å². The fourth-order valence-electron chi connectivity index (χ4n) is 2.49.